The summed E-state index contributed by atoms with van der Waals surface area (Å²) in [5, 5.41) is 3.79. The molecule has 0 bridgehead atoms. The molecular formula is C19H20F3N3O5S. The van der Waals surface area contributed by atoms with Crippen LogP contribution in [0.1, 0.15) is 35.4 Å². The van der Waals surface area contributed by atoms with E-state index < -0.39 is 33.4 Å². The second-order valence-electron chi connectivity index (χ2n) is 8.12. The Balaban J connectivity index is 1.65. The molecule has 3 atom stereocenters. The molecule has 1 saturated carbocycles. The van der Waals surface area contributed by atoms with Crippen molar-refractivity contribution in [3.05, 3.63) is 35.5 Å². The van der Waals surface area contributed by atoms with Gasteiger partial charge in [-0.15, -0.1) is 0 Å². The molecule has 168 valence electrons. The number of hydrogen-bond donors (Lipinski definition) is 0. The minimum atomic E-state index is -4.65. The summed E-state index contributed by atoms with van der Waals surface area (Å²) in [6, 6.07) is 3.26. The van der Waals surface area contributed by atoms with Gasteiger partial charge < -0.3 is 14.2 Å². The highest BCUT2D eigenvalue weighted by atomic mass is 32.2. The zero-order valence-corrected chi connectivity index (χ0v) is 17.7. The number of alkyl halides is 3. The second-order valence-corrected chi connectivity index (χ2v) is 10.1. The van der Waals surface area contributed by atoms with Gasteiger partial charge in [0, 0.05) is 19.3 Å². The first-order valence-electron chi connectivity index (χ1n) is 9.49. The van der Waals surface area contributed by atoms with Crippen molar-refractivity contribution in [1.82, 2.24) is 15.0 Å². The average Bonchev–Trinajstić information content (AvgIpc) is 2.99. The standard InChI is InChI=1S/C19H20F3N3O5S/c1-10(19(20,21)22)29-15-5-4-13(31(3,27)28)6-14(15)16(26)25-8-12-7-18(12,9-25)17-23-11(2)24-30-17/h4-6,10,12H,7-9H2,1-3H3/t10-,12?,18?/m0/s1. The third-order valence-corrected chi connectivity index (χ3v) is 6.87. The Morgan fingerprint density at radius 1 is 1.39 bits per heavy atom. The minimum Gasteiger partial charge on any atom is -0.480 e. The van der Waals surface area contributed by atoms with Gasteiger partial charge in [0.1, 0.15) is 5.75 Å². The third-order valence-electron chi connectivity index (χ3n) is 5.76. The second kappa shape index (κ2) is 6.94. The van der Waals surface area contributed by atoms with Crippen molar-refractivity contribution in [2.75, 3.05) is 19.3 Å². The maximum Gasteiger partial charge on any atom is 0.425 e. The van der Waals surface area contributed by atoms with Crippen molar-refractivity contribution in [1.29, 1.82) is 0 Å². The lowest BCUT2D eigenvalue weighted by atomic mass is 10.1. The van der Waals surface area contributed by atoms with Gasteiger partial charge in [0.25, 0.3) is 5.91 Å². The number of fused-ring (bicyclic) bond motifs is 1. The van der Waals surface area contributed by atoms with E-state index in [4.69, 9.17) is 9.26 Å². The Bertz CT molecular complexity index is 1150. The van der Waals surface area contributed by atoms with Gasteiger partial charge in [-0.25, -0.2) is 8.42 Å². The highest BCUT2D eigenvalue weighted by molar-refractivity contribution is 7.90. The van der Waals surface area contributed by atoms with Crippen LogP contribution in [-0.2, 0) is 15.3 Å². The highest BCUT2D eigenvalue weighted by Crippen LogP contribution is 2.58. The van der Waals surface area contributed by atoms with Crippen LogP contribution in [0.4, 0.5) is 13.2 Å². The predicted molar refractivity (Wildman–Crippen MR) is 100 cm³/mol. The Morgan fingerprint density at radius 2 is 2.10 bits per heavy atom. The lowest BCUT2D eigenvalue weighted by molar-refractivity contribution is -0.189. The van der Waals surface area contributed by atoms with Crippen LogP contribution in [0.3, 0.4) is 0 Å². The van der Waals surface area contributed by atoms with E-state index in [1.807, 2.05) is 0 Å². The fourth-order valence-corrected chi connectivity index (χ4v) is 4.55. The number of hydrogen-bond acceptors (Lipinski definition) is 7. The lowest BCUT2D eigenvalue weighted by Gasteiger charge is -2.23. The molecule has 0 N–H and O–H groups in total. The molecule has 0 spiro atoms. The minimum absolute atomic E-state index is 0.0906. The fourth-order valence-electron chi connectivity index (χ4n) is 3.91. The molecule has 2 aromatic rings. The van der Waals surface area contributed by atoms with Gasteiger partial charge in [-0.05, 0) is 44.4 Å². The molecule has 2 aliphatic rings. The molecule has 2 heterocycles. The topological polar surface area (TPSA) is 103 Å². The number of carbonyl (C=O) groups is 1. The van der Waals surface area contributed by atoms with E-state index in [1.165, 1.54) is 4.90 Å². The summed E-state index contributed by atoms with van der Waals surface area (Å²) >= 11 is 0. The quantitative estimate of drug-likeness (QED) is 0.677. The number of piperidine rings is 1. The normalized spacial score (nSPS) is 24.1. The SMILES string of the molecule is Cc1noc(C23CC2CN(C(=O)c2cc(S(C)(=O)=O)ccc2O[C@@H](C)C(F)(F)F)C3)n1. The first kappa shape index (κ1) is 21.6. The number of amides is 1. The van der Waals surface area contributed by atoms with Gasteiger partial charge in [0.05, 0.1) is 15.9 Å². The monoisotopic (exact) mass is 459 g/mol. The number of likely N-dealkylation sites (tertiary alicyclic amines) is 1. The molecule has 4 rings (SSSR count). The Kier molecular flexibility index (Phi) is 4.83. The van der Waals surface area contributed by atoms with E-state index in [-0.39, 0.29) is 28.7 Å². The predicted octanol–water partition coefficient (Wildman–Crippen LogP) is 2.52. The first-order valence-corrected chi connectivity index (χ1v) is 11.4. The maximum atomic E-state index is 13.2. The Labute approximate surface area is 176 Å². The van der Waals surface area contributed by atoms with Crippen molar-refractivity contribution in [2.24, 2.45) is 5.92 Å². The summed E-state index contributed by atoms with van der Waals surface area (Å²) in [5.41, 5.74) is -0.705. The van der Waals surface area contributed by atoms with Gasteiger partial charge in [-0.1, -0.05) is 5.16 Å². The lowest BCUT2D eigenvalue weighted by Crippen LogP contribution is -2.35. The molecule has 1 aromatic carbocycles. The van der Waals surface area contributed by atoms with Crippen molar-refractivity contribution in [2.45, 2.75) is 42.9 Å². The molecule has 1 aliphatic heterocycles. The van der Waals surface area contributed by atoms with Gasteiger partial charge in [-0.3, -0.25) is 4.79 Å². The maximum absolute atomic E-state index is 13.2. The van der Waals surface area contributed by atoms with E-state index in [1.54, 1.807) is 6.92 Å². The molecule has 1 aliphatic carbocycles. The van der Waals surface area contributed by atoms with Crippen LogP contribution in [0, 0.1) is 12.8 Å². The number of aromatic nitrogens is 2. The van der Waals surface area contributed by atoms with E-state index in [0.717, 1.165) is 37.8 Å². The summed E-state index contributed by atoms with van der Waals surface area (Å²) in [6.45, 7) is 3.09. The summed E-state index contributed by atoms with van der Waals surface area (Å²) < 4.78 is 73.2. The van der Waals surface area contributed by atoms with Crippen LogP contribution in [-0.4, -0.2) is 61.0 Å². The van der Waals surface area contributed by atoms with Gasteiger partial charge in [-0.2, -0.15) is 18.2 Å². The summed E-state index contributed by atoms with van der Waals surface area (Å²) in [5.74, 6) is 0.0471. The number of carbonyl (C=O) groups excluding carboxylic acids is 1. The smallest absolute Gasteiger partial charge is 0.425 e. The van der Waals surface area contributed by atoms with Gasteiger partial charge in [0.15, 0.2) is 21.8 Å². The van der Waals surface area contributed by atoms with Crippen LogP contribution in [0.15, 0.2) is 27.6 Å². The molecule has 31 heavy (non-hydrogen) atoms. The van der Waals surface area contributed by atoms with Crippen molar-refractivity contribution < 1.29 is 35.6 Å². The van der Waals surface area contributed by atoms with Crippen LogP contribution in [0.2, 0.25) is 0 Å². The first-order chi connectivity index (χ1) is 14.3. The van der Waals surface area contributed by atoms with Crippen molar-refractivity contribution in [3.63, 3.8) is 0 Å². The third kappa shape index (κ3) is 3.88. The number of nitrogens with zero attached hydrogens (tertiary/aromatic N) is 3. The largest absolute Gasteiger partial charge is 0.480 e. The molecule has 0 radical (unpaired) electrons. The molecule has 2 fully saturated rings. The van der Waals surface area contributed by atoms with Crippen LogP contribution < -0.4 is 4.74 Å². The highest BCUT2D eigenvalue weighted by Gasteiger charge is 2.65. The molecule has 1 saturated heterocycles. The number of benzene rings is 1. The molecule has 12 heteroatoms. The summed E-state index contributed by atoms with van der Waals surface area (Å²) in [6.07, 6.45) is -5.11. The van der Waals surface area contributed by atoms with E-state index in [0.29, 0.717) is 18.3 Å². The number of sulfone groups is 1. The molecule has 8 nitrogen and oxygen atoms in total. The average molecular weight is 459 g/mol. The zero-order valence-electron chi connectivity index (χ0n) is 16.9. The van der Waals surface area contributed by atoms with Gasteiger partial charge in [0.2, 0.25) is 5.89 Å². The molecule has 1 amide bonds. The fraction of sp³-hybridized carbons (Fsp3) is 0.526. The Morgan fingerprint density at radius 3 is 2.68 bits per heavy atom. The number of ether oxygens (including phenoxy) is 1. The zero-order chi connectivity index (χ0) is 22.8. The number of rotatable bonds is 5. The Hall–Kier alpha value is -2.63. The number of halogens is 3. The van der Waals surface area contributed by atoms with E-state index in [9.17, 15) is 26.4 Å². The van der Waals surface area contributed by atoms with Gasteiger partial charge >= 0.3 is 6.18 Å². The van der Waals surface area contributed by atoms with Crippen LogP contribution in [0.25, 0.3) is 0 Å². The van der Waals surface area contributed by atoms with E-state index >= 15 is 0 Å². The van der Waals surface area contributed by atoms with Crippen molar-refractivity contribution in [3.8, 4) is 5.75 Å². The number of aryl methyl sites for hydroxylation is 1. The van der Waals surface area contributed by atoms with Crippen molar-refractivity contribution >= 4 is 15.7 Å². The van der Waals surface area contributed by atoms with Crippen LogP contribution in [0.5, 0.6) is 5.75 Å². The summed E-state index contributed by atoms with van der Waals surface area (Å²) in [4.78, 5) is 18.8. The van der Waals surface area contributed by atoms with Crippen LogP contribution >= 0.6 is 0 Å². The molecular weight excluding hydrogens is 439 g/mol. The van der Waals surface area contributed by atoms with E-state index in [2.05, 4.69) is 10.1 Å². The molecule has 1 aromatic heterocycles. The summed E-state index contributed by atoms with van der Waals surface area (Å²) in [7, 11) is -3.69. The molecule has 2 unspecified atom stereocenters.